The van der Waals surface area contributed by atoms with Gasteiger partial charge in [0.15, 0.2) is 0 Å². The Morgan fingerprint density at radius 2 is 2.00 bits per heavy atom. The SMILES string of the molecule is CCC(CC)n1ccc(CNc2cc(Br)ccc2C)n1. The summed E-state index contributed by atoms with van der Waals surface area (Å²) in [5.41, 5.74) is 3.47. The van der Waals surface area contributed by atoms with Gasteiger partial charge in [0.05, 0.1) is 18.3 Å². The molecule has 0 saturated heterocycles. The van der Waals surface area contributed by atoms with Gasteiger partial charge in [-0.3, -0.25) is 4.68 Å². The molecule has 0 unspecified atom stereocenters. The Hall–Kier alpha value is -1.29. The molecule has 0 bridgehead atoms. The highest BCUT2D eigenvalue weighted by Gasteiger charge is 2.08. The molecule has 108 valence electrons. The second kappa shape index (κ2) is 6.93. The maximum absolute atomic E-state index is 4.66. The van der Waals surface area contributed by atoms with Crippen LogP contribution in [0.2, 0.25) is 0 Å². The molecule has 2 aromatic rings. The van der Waals surface area contributed by atoms with E-state index < -0.39 is 0 Å². The maximum Gasteiger partial charge on any atom is 0.0815 e. The third-order valence-electron chi connectivity index (χ3n) is 3.64. The molecule has 1 N–H and O–H groups in total. The molecule has 0 aliphatic heterocycles. The lowest BCUT2D eigenvalue weighted by Gasteiger charge is -2.12. The van der Waals surface area contributed by atoms with Gasteiger partial charge in [0.25, 0.3) is 0 Å². The Labute approximate surface area is 129 Å². The van der Waals surface area contributed by atoms with Crippen molar-refractivity contribution in [2.24, 2.45) is 0 Å². The van der Waals surface area contributed by atoms with E-state index in [1.54, 1.807) is 0 Å². The predicted molar refractivity (Wildman–Crippen MR) is 88.1 cm³/mol. The minimum absolute atomic E-state index is 0.511. The van der Waals surface area contributed by atoms with Crippen LogP contribution in [-0.4, -0.2) is 9.78 Å². The Morgan fingerprint density at radius 1 is 1.25 bits per heavy atom. The van der Waals surface area contributed by atoms with E-state index in [0.717, 1.165) is 35.2 Å². The molecule has 0 aliphatic rings. The zero-order chi connectivity index (χ0) is 14.5. The summed E-state index contributed by atoms with van der Waals surface area (Å²) in [5, 5.41) is 8.11. The zero-order valence-corrected chi connectivity index (χ0v) is 13.9. The number of halogens is 1. The first-order valence-electron chi connectivity index (χ1n) is 7.18. The first-order chi connectivity index (χ1) is 9.63. The fourth-order valence-electron chi connectivity index (χ4n) is 2.31. The second-order valence-electron chi connectivity index (χ2n) is 5.07. The van der Waals surface area contributed by atoms with Crippen LogP contribution in [0, 0.1) is 6.92 Å². The summed E-state index contributed by atoms with van der Waals surface area (Å²) >= 11 is 3.50. The average molecular weight is 336 g/mol. The van der Waals surface area contributed by atoms with Crippen molar-refractivity contribution in [3.63, 3.8) is 0 Å². The largest absolute Gasteiger partial charge is 0.379 e. The molecule has 3 nitrogen and oxygen atoms in total. The maximum atomic E-state index is 4.66. The number of anilines is 1. The van der Waals surface area contributed by atoms with Crippen LogP contribution in [0.3, 0.4) is 0 Å². The molecule has 20 heavy (non-hydrogen) atoms. The number of hydrogen-bond acceptors (Lipinski definition) is 2. The van der Waals surface area contributed by atoms with Crippen LogP contribution in [0.25, 0.3) is 0 Å². The van der Waals surface area contributed by atoms with Gasteiger partial charge in [-0.1, -0.05) is 35.8 Å². The molecule has 0 amide bonds. The number of nitrogens with zero attached hydrogens (tertiary/aromatic N) is 2. The smallest absolute Gasteiger partial charge is 0.0815 e. The Morgan fingerprint density at radius 3 is 2.70 bits per heavy atom. The topological polar surface area (TPSA) is 29.9 Å². The summed E-state index contributed by atoms with van der Waals surface area (Å²) in [7, 11) is 0. The number of nitrogens with one attached hydrogen (secondary N) is 1. The first-order valence-corrected chi connectivity index (χ1v) is 7.97. The van der Waals surface area contributed by atoms with Gasteiger partial charge in [-0.15, -0.1) is 0 Å². The fourth-order valence-corrected chi connectivity index (χ4v) is 2.67. The molecule has 4 heteroatoms. The average Bonchev–Trinajstić information content (AvgIpc) is 2.90. The van der Waals surface area contributed by atoms with Crippen LogP contribution >= 0.6 is 15.9 Å². The Kier molecular flexibility index (Phi) is 5.24. The highest BCUT2D eigenvalue weighted by atomic mass is 79.9. The van der Waals surface area contributed by atoms with Gasteiger partial charge in [-0.05, 0) is 43.5 Å². The van der Waals surface area contributed by atoms with Gasteiger partial charge in [-0.25, -0.2) is 0 Å². The van der Waals surface area contributed by atoms with E-state index in [1.807, 2.05) is 0 Å². The van der Waals surface area contributed by atoms with Gasteiger partial charge >= 0.3 is 0 Å². The number of benzene rings is 1. The highest BCUT2D eigenvalue weighted by molar-refractivity contribution is 9.10. The van der Waals surface area contributed by atoms with Gasteiger partial charge < -0.3 is 5.32 Å². The quantitative estimate of drug-likeness (QED) is 0.811. The number of rotatable bonds is 6. The highest BCUT2D eigenvalue weighted by Crippen LogP contribution is 2.21. The molecular weight excluding hydrogens is 314 g/mol. The van der Waals surface area contributed by atoms with Crippen LogP contribution in [0.5, 0.6) is 0 Å². The first kappa shape index (κ1) is 15.1. The summed E-state index contributed by atoms with van der Waals surface area (Å²) in [6.45, 7) is 7.28. The van der Waals surface area contributed by atoms with Gasteiger partial charge in [0.2, 0.25) is 0 Å². The van der Waals surface area contributed by atoms with Gasteiger partial charge in [-0.2, -0.15) is 5.10 Å². The second-order valence-corrected chi connectivity index (χ2v) is 5.99. The lowest BCUT2D eigenvalue weighted by Crippen LogP contribution is -2.09. The third kappa shape index (κ3) is 3.63. The van der Waals surface area contributed by atoms with E-state index in [2.05, 4.69) is 82.3 Å². The molecule has 1 heterocycles. The van der Waals surface area contributed by atoms with E-state index in [-0.39, 0.29) is 0 Å². The van der Waals surface area contributed by atoms with Crippen molar-refractivity contribution in [1.29, 1.82) is 0 Å². The number of aryl methyl sites for hydroxylation is 1. The molecule has 0 radical (unpaired) electrons. The monoisotopic (exact) mass is 335 g/mol. The zero-order valence-electron chi connectivity index (χ0n) is 12.4. The van der Waals surface area contributed by atoms with Crippen LogP contribution in [0.4, 0.5) is 5.69 Å². The Bertz CT molecular complexity index is 559. The standard InChI is InChI=1S/C16H22BrN3/c1-4-15(5-2)20-9-8-14(19-20)11-18-16-10-13(17)7-6-12(16)3/h6-10,15,18H,4-5,11H2,1-3H3. The minimum Gasteiger partial charge on any atom is -0.379 e. The van der Waals surface area contributed by atoms with Crippen LogP contribution in [-0.2, 0) is 6.54 Å². The molecule has 0 atom stereocenters. The van der Waals surface area contributed by atoms with Crippen LogP contribution in [0.15, 0.2) is 34.9 Å². The van der Waals surface area contributed by atoms with Crippen molar-refractivity contribution in [2.75, 3.05) is 5.32 Å². The molecule has 0 aliphatic carbocycles. The van der Waals surface area contributed by atoms with Crippen LogP contribution in [0.1, 0.15) is 44.0 Å². The molecule has 0 spiro atoms. The third-order valence-corrected chi connectivity index (χ3v) is 4.13. The fraction of sp³-hybridized carbons (Fsp3) is 0.438. The molecular formula is C16H22BrN3. The molecule has 1 aromatic carbocycles. The molecule has 2 rings (SSSR count). The van der Waals surface area contributed by atoms with Crippen molar-refractivity contribution >= 4 is 21.6 Å². The van der Waals surface area contributed by atoms with E-state index in [4.69, 9.17) is 0 Å². The van der Waals surface area contributed by atoms with Crippen molar-refractivity contribution in [3.8, 4) is 0 Å². The Balaban J connectivity index is 2.02. The van der Waals surface area contributed by atoms with E-state index >= 15 is 0 Å². The van der Waals surface area contributed by atoms with Crippen molar-refractivity contribution in [2.45, 2.75) is 46.2 Å². The lowest BCUT2D eigenvalue weighted by atomic mass is 10.2. The van der Waals surface area contributed by atoms with Crippen molar-refractivity contribution in [1.82, 2.24) is 9.78 Å². The summed E-state index contributed by atoms with van der Waals surface area (Å²) in [4.78, 5) is 0. The normalized spacial score (nSPS) is 11.1. The molecule has 1 aromatic heterocycles. The summed E-state index contributed by atoms with van der Waals surface area (Å²) in [5.74, 6) is 0. The summed E-state index contributed by atoms with van der Waals surface area (Å²) in [6.07, 6.45) is 4.33. The summed E-state index contributed by atoms with van der Waals surface area (Å²) in [6, 6.07) is 8.88. The van der Waals surface area contributed by atoms with Crippen LogP contribution < -0.4 is 5.32 Å². The minimum atomic E-state index is 0.511. The van der Waals surface area contributed by atoms with Crippen molar-refractivity contribution < 1.29 is 0 Å². The van der Waals surface area contributed by atoms with E-state index in [9.17, 15) is 0 Å². The summed E-state index contributed by atoms with van der Waals surface area (Å²) < 4.78 is 3.18. The molecule has 0 saturated carbocycles. The van der Waals surface area contributed by atoms with Gasteiger partial charge in [0, 0.05) is 16.4 Å². The predicted octanol–water partition coefficient (Wildman–Crippen LogP) is 4.93. The van der Waals surface area contributed by atoms with Crippen molar-refractivity contribution in [3.05, 3.63) is 46.2 Å². The lowest BCUT2D eigenvalue weighted by molar-refractivity contribution is 0.426. The number of hydrogen-bond donors (Lipinski definition) is 1. The van der Waals surface area contributed by atoms with E-state index in [0.29, 0.717) is 6.04 Å². The molecule has 0 fully saturated rings. The number of aromatic nitrogens is 2. The van der Waals surface area contributed by atoms with Gasteiger partial charge in [0.1, 0.15) is 0 Å². The van der Waals surface area contributed by atoms with E-state index in [1.165, 1.54) is 5.56 Å².